The predicted molar refractivity (Wildman–Crippen MR) is 34.5 cm³/mol. The van der Waals surface area contributed by atoms with Crippen molar-refractivity contribution in [3.05, 3.63) is 0 Å². The van der Waals surface area contributed by atoms with Crippen LogP contribution in [0.3, 0.4) is 0 Å². The van der Waals surface area contributed by atoms with Crippen LogP contribution in [0.5, 0.6) is 0 Å². The molecule has 1 heterocycles. The van der Waals surface area contributed by atoms with Crippen molar-refractivity contribution in [3.63, 3.8) is 0 Å². The highest BCUT2D eigenvalue weighted by Crippen LogP contribution is 2.09. The fourth-order valence-electron chi connectivity index (χ4n) is 0.887. The van der Waals surface area contributed by atoms with Crippen LogP contribution in [0.4, 0.5) is 8.78 Å². The van der Waals surface area contributed by atoms with E-state index in [4.69, 9.17) is 0 Å². The van der Waals surface area contributed by atoms with Gasteiger partial charge < -0.3 is 5.32 Å². The second-order valence-electron chi connectivity index (χ2n) is 2.09. The second kappa shape index (κ2) is 4.01. The zero-order valence-corrected chi connectivity index (χ0v) is 5.76. The summed E-state index contributed by atoms with van der Waals surface area (Å²) in [5.74, 6) is 0. The number of rotatable bonds is 1. The molecule has 0 spiro atoms. The summed E-state index contributed by atoms with van der Waals surface area (Å²) in [5.41, 5.74) is 0. The van der Waals surface area contributed by atoms with Gasteiger partial charge >= 0.3 is 0 Å². The highest BCUT2D eigenvalue weighted by Gasteiger charge is 2.22. The van der Waals surface area contributed by atoms with Gasteiger partial charge in [-0.3, -0.25) is 0 Å². The molecule has 1 fully saturated rings. The first-order valence-corrected chi connectivity index (χ1v) is 2.76. The molecule has 0 saturated carbocycles. The lowest BCUT2D eigenvalue weighted by Gasteiger charge is -1.99. The molecule has 1 saturated heterocycles. The molecule has 0 bridgehead atoms. The van der Waals surface area contributed by atoms with Gasteiger partial charge in [-0.25, -0.2) is 8.78 Å². The summed E-state index contributed by atoms with van der Waals surface area (Å²) in [4.78, 5) is 0. The summed E-state index contributed by atoms with van der Waals surface area (Å²) in [6.45, 7) is -0.116. The second-order valence-corrected chi connectivity index (χ2v) is 2.09. The highest BCUT2D eigenvalue weighted by atomic mass is 35.5. The van der Waals surface area contributed by atoms with E-state index < -0.39 is 12.8 Å². The minimum atomic E-state index is -0.823. The summed E-state index contributed by atoms with van der Waals surface area (Å²) >= 11 is 0. The van der Waals surface area contributed by atoms with Crippen molar-refractivity contribution < 1.29 is 8.78 Å². The van der Waals surface area contributed by atoms with Crippen molar-refractivity contribution in [1.29, 1.82) is 0 Å². The minimum absolute atomic E-state index is 0. The normalized spacial score (nSPS) is 34.0. The number of alkyl halides is 2. The monoisotopic (exact) mass is 157 g/mol. The maximum Gasteiger partial charge on any atom is 0.114 e. The topological polar surface area (TPSA) is 12.0 Å². The van der Waals surface area contributed by atoms with Gasteiger partial charge in [-0.2, -0.15) is 0 Å². The molecule has 1 rings (SSSR count). The van der Waals surface area contributed by atoms with Gasteiger partial charge in [0.25, 0.3) is 0 Å². The van der Waals surface area contributed by atoms with Crippen LogP contribution >= 0.6 is 12.4 Å². The summed E-state index contributed by atoms with van der Waals surface area (Å²) in [6.07, 6.45) is -0.480. The van der Waals surface area contributed by atoms with E-state index in [0.717, 1.165) is 0 Å². The zero-order valence-electron chi connectivity index (χ0n) is 4.94. The number of nitrogens with one attached hydrogen (secondary N) is 1. The Bertz CT molecular complexity index is 81.4. The predicted octanol–water partition coefficient (Wildman–Crippen LogP) is 1.08. The maximum absolute atomic E-state index is 12.1. The minimum Gasteiger partial charge on any atom is -0.308 e. The molecular weight excluding hydrogens is 148 g/mol. The Morgan fingerprint density at radius 1 is 1.56 bits per heavy atom. The molecule has 2 atom stereocenters. The van der Waals surface area contributed by atoms with Gasteiger partial charge in [0, 0.05) is 12.6 Å². The molecule has 4 heteroatoms. The molecule has 0 aromatic heterocycles. The fourth-order valence-corrected chi connectivity index (χ4v) is 0.887. The Kier molecular flexibility index (Phi) is 4.06. The van der Waals surface area contributed by atoms with Crippen LogP contribution in [0, 0.1) is 0 Å². The van der Waals surface area contributed by atoms with Gasteiger partial charge in [0.05, 0.1) is 0 Å². The van der Waals surface area contributed by atoms with Crippen molar-refractivity contribution in [3.8, 4) is 0 Å². The quantitative estimate of drug-likeness (QED) is 0.601. The average molecular weight is 158 g/mol. The van der Waals surface area contributed by atoms with E-state index in [1.54, 1.807) is 0 Å². The molecular formula is C5H10ClF2N. The molecule has 0 aromatic carbocycles. The van der Waals surface area contributed by atoms with E-state index in [1.165, 1.54) is 0 Å². The molecule has 0 unspecified atom stereocenters. The molecule has 0 amide bonds. The standard InChI is InChI=1S/C5H9F2N.ClH/c6-2-5-1-4(7)3-8-5;/h4-5,8H,1-3H2;1H/t4-,5-;/m0./s1. The van der Waals surface area contributed by atoms with E-state index >= 15 is 0 Å². The van der Waals surface area contributed by atoms with Gasteiger partial charge in [0.2, 0.25) is 0 Å². The molecule has 1 nitrogen and oxygen atoms in total. The molecule has 1 aliphatic heterocycles. The Morgan fingerprint density at radius 3 is 2.44 bits per heavy atom. The first-order chi connectivity index (χ1) is 3.83. The first-order valence-electron chi connectivity index (χ1n) is 2.76. The highest BCUT2D eigenvalue weighted by molar-refractivity contribution is 5.85. The van der Waals surface area contributed by atoms with Crippen molar-refractivity contribution in [2.24, 2.45) is 0 Å². The smallest absolute Gasteiger partial charge is 0.114 e. The average Bonchev–Trinajstić information content (AvgIpc) is 2.14. The van der Waals surface area contributed by atoms with Gasteiger partial charge in [-0.1, -0.05) is 0 Å². The van der Waals surface area contributed by atoms with Crippen LogP contribution in [0.1, 0.15) is 6.42 Å². The lowest BCUT2D eigenvalue weighted by Crippen LogP contribution is -2.22. The van der Waals surface area contributed by atoms with Gasteiger partial charge in [0.1, 0.15) is 12.8 Å². The Balaban J connectivity index is 0.000000640. The van der Waals surface area contributed by atoms with Gasteiger partial charge in [-0.05, 0) is 6.42 Å². The molecule has 1 N–H and O–H groups in total. The lowest BCUT2D eigenvalue weighted by molar-refractivity contribution is 0.341. The van der Waals surface area contributed by atoms with Crippen molar-refractivity contribution >= 4 is 12.4 Å². The van der Waals surface area contributed by atoms with Gasteiger partial charge in [-0.15, -0.1) is 12.4 Å². The molecule has 0 aromatic rings. The summed E-state index contributed by atoms with van der Waals surface area (Å²) < 4.78 is 23.8. The molecule has 0 aliphatic carbocycles. The van der Waals surface area contributed by atoms with Crippen LogP contribution in [0.25, 0.3) is 0 Å². The van der Waals surface area contributed by atoms with Crippen LogP contribution in [-0.2, 0) is 0 Å². The van der Waals surface area contributed by atoms with Crippen LogP contribution in [0.15, 0.2) is 0 Å². The summed E-state index contributed by atoms with van der Waals surface area (Å²) in [5, 5.41) is 2.71. The van der Waals surface area contributed by atoms with E-state index in [9.17, 15) is 8.78 Å². The van der Waals surface area contributed by atoms with E-state index in [1.807, 2.05) is 0 Å². The summed E-state index contributed by atoms with van der Waals surface area (Å²) in [6, 6.07) is -0.218. The Labute approximate surface area is 59.2 Å². The van der Waals surface area contributed by atoms with Crippen LogP contribution in [-0.4, -0.2) is 25.4 Å². The van der Waals surface area contributed by atoms with Crippen molar-refractivity contribution in [2.45, 2.75) is 18.6 Å². The molecule has 9 heavy (non-hydrogen) atoms. The Hall–Kier alpha value is 0.110. The number of halogens is 3. The molecule has 1 aliphatic rings. The summed E-state index contributed by atoms with van der Waals surface area (Å²) in [7, 11) is 0. The largest absolute Gasteiger partial charge is 0.308 e. The maximum atomic E-state index is 12.1. The van der Waals surface area contributed by atoms with E-state index in [0.29, 0.717) is 13.0 Å². The van der Waals surface area contributed by atoms with Crippen molar-refractivity contribution in [1.82, 2.24) is 5.32 Å². The number of hydrogen-bond donors (Lipinski definition) is 1. The van der Waals surface area contributed by atoms with Gasteiger partial charge in [0.15, 0.2) is 0 Å². The number of hydrogen-bond acceptors (Lipinski definition) is 1. The third-order valence-corrected chi connectivity index (χ3v) is 1.35. The third kappa shape index (κ3) is 2.45. The van der Waals surface area contributed by atoms with Crippen LogP contribution in [0.2, 0.25) is 0 Å². The van der Waals surface area contributed by atoms with Crippen molar-refractivity contribution in [2.75, 3.05) is 13.2 Å². The van der Waals surface area contributed by atoms with E-state index in [2.05, 4.69) is 5.32 Å². The zero-order chi connectivity index (χ0) is 5.98. The lowest BCUT2D eigenvalue weighted by atomic mass is 10.2. The Morgan fingerprint density at radius 2 is 2.22 bits per heavy atom. The molecule has 0 radical (unpaired) electrons. The fraction of sp³-hybridized carbons (Fsp3) is 1.00. The SMILES string of the molecule is Cl.FC[C@@H]1C[C@H](F)CN1. The van der Waals surface area contributed by atoms with E-state index in [-0.39, 0.29) is 18.4 Å². The molecule has 56 valence electrons. The van der Waals surface area contributed by atoms with Crippen LogP contribution < -0.4 is 5.32 Å². The first kappa shape index (κ1) is 9.11. The third-order valence-electron chi connectivity index (χ3n) is 1.35.